The Balaban J connectivity index is 2.80. The minimum atomic E-state index is -1.20. The van der Waals surface area contributed by atoms with Crippen molar-refractivity contribution in [3.63, 3.8) is 0 Å². The summed E-state index contributed by atoms with van der Waals surface area (Å²) < 4.78 is 12.3. The Bertz CT molecular complexity index is 515. The van der Waals surface area contributed by atoms with E-state index in [1.807, 2.05) is 33.8 Å². The van der Waals surface area contributed by atoms with Gasteiger partial charge in [-0.25, -0.2) is 0 Å². The molecule has 1 aromatic rings. The highest BCUT2D eigenvalue weighted by Crippen LogP contribution is 2.20. The van der Waals surface area contributed by atoms with Gasteiger partial charge in [0.2, 0.25) is 5.91 Å². The highest BCUT2D eigenvalue weighted by Gasteiger charge is 2.26. The van der Waals surface area contributed by atoms with Gasteiger partial charge in [0.25, 0.3) is 0 Å². The van der Waals surface area contributed by atoms with E-state index in [4.69, 9.17) is 5.73 Å². The molecule has 20 heavy (non-hydrogen) atoms. The molecule has 0 heterocycles. The molecule has 0 aromatic heterocycles. The van der Waals surface area contributed by atoms with Crippen molar-refractivity contribution in [2.45, 2.75) is 45.1 Å². The summed E-state index contributed by atoms with van der Waals surface area (Å²) >= 11 is 0. The average Bonchev–Trinajstić information content (AvgIpc) is 2.40. The topological polar surface area (TPSA) is 72.2 Å². The first kappa shape index (κ1) is 16.7. The Hall–Kier alpha value is -1.36. The molecule has 1 amide bonds. The first-order chi connectivity index (χ1) is 9.23. The van der Waals surface area contributed by atoms with Crippen LogP contribution < -0.4 is 11.1 Å². The molecular formula is C15H24N2O2S. The molecule has 112 valence electrons. The highest BCUT2D eigenvalue weighted by atomic mass is 32.2. The number of nitrogens with one attached hydrogen (secondary N) is 1. The van der Waals surface area contributed by atoms with E-state index in [-0.39, 0.29) is 17.1 Å². The Kier molecular flexibility index (Phi) is 5.74. The zero-order valence-corrected chi connectivity index (χ0v) is 13.6. The molecule has 5 heteroatoms. The molecule has 3 unspecified atom stereocenters. The lowest BCUT2D eigenvalue weighted by molar-refractivity contribution is -0.115. The maximum atomic E-state index is 12.3. The number of nitrogen functional groups attached to an aromatic ring is 1. The van der Waals surface area contributed by atoms with E-state index in [2.05, 4.69) is 5.32 Å². The van der Waals surface area contributed by atoms with Gasteiger partial charge in [-0.1, -0.05) is 26.8 Å². The monoisotopic (exact) mass is 296 g/mol. The van der Waals surface area contributed by atoms with Crippen LogP contribution in [0.4, 0.5) is 11.4 Å². The molecule has 0 fully saturated rings. The highest BCUT2D eigenvalue weighted by molar-refractivity contribution is 7.87. The van der Waals surface area contributed by atoms with E-state index in [0.717, 1.165) is 5.56 Å². The first-order valence-electron chi connectivity index (χ1n) is 6.80. The van der Waals surface area contributed by atoms with Crippen LogP contribution >= 0.6 is 0 Å². The summed E-state index contributed by atoms with van der Waals surface area (Å²) in [5.74, 6) is 0.0460. The number of carbonyl (C=O) groups is 1. The maximum absolute atomic E-state index is 12.3. The van der Waals surface area contributed by atoms with Gasteiger partial charge in [-0.2, -0.15) is 0 Å². The summed E-state index contributed by atoms with van der Waals surface area (Å²) in [6.07, 6.45) is 0. The van der Waals surface area contributed by atoms with Crippen molar-refractivity contribution in [3.05, 3.63) is 23.8 Å². The standard InChI is InChI=1S/C15H24N2O2S/c1-9(2)11(4)20(19)12(5)15(18)17-14-8-13(16)7-6-10(14)3/h6-9,11-12H,16H2,1-5H3,(H,17,18). The molecule has 3 atom stereocenters. The molecule has 0 radical (unpaired) electrons. The van der Waals surface area contributed by atoms with Crippen molar-refractivity contribution in [1.29, 1.82) is 0 Å². The van der Waals surface area contributed by atoms with Gasteiger partial charge in [0, 0.05) is 27.4 Å². The summed E-state index contributed by atoms with van der Waals surface area (Å²) in [5.41, 5.74) is 7.92. The number of rotatable bonds is 5. The summed E-state index contributed by atoms with van der Waals surface area (Å²) in [6, 6.07) is 5.35. The Morgan fingerprint density at radius 1 is 1.25 bits per heavy atom. The second-order valence-electron chi connectivity index (χ2n) is 5.48. The van der Waals surface area contributed by atoms with E-state index in [0.29, 0.717) is 11.4 Å². The molecule has 1 aromatic carbocycles. The van der Waals surface area contributed by atoms with Crippen LogP contribution in [-0.4, -0.2) is 20.6 Å². The summed E-state index contributed by atoms with van der Waals surface area (Å²) in [6.45, 7) is 9.53. The number of hydrogen-bond donors (Lipinski definition) is 2. The van der Waals surface area contributed by atoms with Crippen molar-refractivity contribution in [3.8, 4) is 0 Å². The van der Waals surface area contributed by atoms with Gasteiger partial charge in [-0.05, 0) is 37.5 Å². The molecular weight excluding hydrogens is 272 g/mol. The van der Waals surface area contributed by atoms with Crippen molar-refractivity contribution in [2.75, 3.05) is 11.1 Å². The first-order valence-corrected chi connectivity index (χ1v) is 8.08. The normalized spacial score (nSPS) is 15.7. The quantitative estimate of drug-likeness (QED) is 0.821. The average molecular weight is 296 g/mol. The van der Waals surface area contributed by atoms with Crippen LogP contribution in [0.5, 0.6) is 0 Å². The molecule has 0 bridgehead atoms. The maximum Gasteiger partial charge on any atom is 0.239 e. The van der Waals surface area contributed by atoms with Crippen LogP contribution in [0, 0.1) is 12.8 Å². The molecule has 0 aliphatic heterocycles. The fourth-order valence-electron chi connectivity index (χ4n) is 1.70. The minimum absolute atomic E-state index is 0.0160. The zero-order valence-electron chi connectivity index (χ0n) is 12.8. The van der Waals surface area contributed by atoms with Gasteiger partial charge in [0.15, 0.2) is 0 Å². The van der Waals surface area contributed by atoms with Crippen molar-refractivity contribution >= 4 is 28.1 Å². The second-order valence-corrected chi connectivity index (χ2v) is 7.59. The molecule has 0 saturated carbocycles. The van der Waals surface area contributed by atoms with E-state index < -0.39 is 16.0 Å². The third-order valence-electron chi connectivity index (χ3n) is 3.54. The predicted octanol–water partition coefficient (Wildman–Crippen LogP) is 2.70. The molecule has 1 rings (SSSR count). The molecule has 0 aliphatic rings. The van der Waals surface area contributed by atoms with Crippen LogP contribution in [0.25, 0.3) is 0 Å². The largest absolute Gasteiger partial charge is 0.399 e. The number of amides is 1. The van der Waals surface area contributed by atoms with Gasteiger partial charge < -0.3 is 11.1 Å². The second kappa shape index (κ2) is 6.88. The van der Waals surface area contributed by atoms with E-state index in [1.165, 1.54) is 0 Å². The van der Waals surface area contributed by atoms with Crippen LogP contribution in [0.1, 0.15) is 33.3 Å². The summed E-state index contributed by atoms with van der Waals surface area (Å²) in [4.78, 5) is 12.2. The summed E-state index contributed by atoms with van der Waals surface area (Å²) in [7, 11) is -1.20. The summed E-state index contributed by atoms with van der Waals surface area (Å²) in [5, 5.41) is 2.25. The Morgan fingerprint density at radius 2 is 1.85 bits per heavy atom. The fourth-order valence-corrected chi connectivity index (χ4v) is 3.15. The number of aryl methyl sites for hydroxylation is 1. The smallest absolute Gasteiger partial charge is 0.239 e. The lowest BCUT2D eigenvalue weighted by Crippen LogP contribution is -2.35. The number of hydrogen-bond acceptors (Lipinski definition) is 3. The lowest BCUT2D eigenvalue weighted by atomic mass is 10.1. The SMILES string of the molecule is Cc1ccc(N)cc1NC(=O)C(C)S(=O)C(C)C(C)C. The van der Waals surface area contributed by atoms with Gasteiger partial charge >= 0.3 is 0 Å². The number of nitrogens with two attached hydrogens (primary N) is 1. The molecule has 0 saturated heterocycles. The van der Waals surface area contributed by atoms with Crippen LogP contribution in [-0.2, 0) is 15.6 Å². The minimum Gasteiger partial charge on any atom is -0.399 e. The van der Waals surface area contributed by atoms with Gasteiger partial charge in [0.05, 0.1) is 0 Å². The van der Waals surface area contributed by atoms with E-state index >= 15 is 0 Å². The number of carbonyl (C=O) groups excluding carboxylic acids is 1. The predicted molar refractivity (Wildman–Crippen MR) is 86.1 cm³/mol. The molecule has 0 aliphatic carbocycles. The van der Waals surface area contributed by atoms with Gasteiger partial charge in [-0.15, -0.1) is 0 Å². The third kappa shape index (κ3) is 4.07. The van der Waals surface area contributed by atoms with Crippen molar-refractivity contribution < 1.29 is 9.00 Å². The van der Waals surface area contributed by atoms with Crippen molar-refractivity contribution in [2.24, 2.45) is 5.92 Å². The lowest BCUT2D eigenvalue weighted by Gasteiger charge is -2.20. The van der Waals surface area contributed by atoms with E-state index in [1.54, 1.807) is 19.1 Å². The number of benzene rings is 1. The fraction of sp³-hybridized carbons (Fsp3) is 0.533. The van der Waals surface area contributed by atoms with Crippen LogP contribution in [0.15, 0.2) is 18.2 Å². The molecule has 0 spiro atoms. The number of anilines is 2. The van der Waals surface area contributed by atoms with Crippen molar-refractivity contribution in [1.82, 2.24) is 0 Å². The third-order valence-corrected chi connectivity index (χ3v) is 5.73. The van der Waals surface area contributed by atoms with Crippen LogP contribution in [0.2, 0.25) is 0 Å². The Morgan fingerprint density at radius 3 is 2.40 bits per heavy atom. The zero-order chi connectivity index (χ0) is 15.4. The Labute approximate surface area is 123 Å². The molecule has 3 N–H and O–H groups in total. The van der Waals surface area contributed by atoms with Crippen LogP contribution in [0.3, 0.4) is 0 Å². The van der Waals surface area contributed by atoms with E-state index in [9.17, 15) is 9.00 Å². The van der Waals surface area contributed by atoms with Gasteiger partial charge in [0.1, 0.15) is 5.25 Å². The molecule has 4 nitrogen and oxygen atoms in total. The van der Waals surface area contributed by atoms with Gasteiger partial charge in [-0.3, -0.25) is 9.00 Å².